The maximum absolute atomic E-state index is 13.1. The lowest BCUT2D eigenvalue weighted by atomic mass is 9.80. The van der Waals surface area contributed by atoms with Crippen molar-refractivity contribution < 1.29 is 22.5 Å². The topological polar surface area (TPSA) is 96.9 Å². The maximum Gasteiger partial charge on any atom is 0.339 e. The number of rotatable bonds is 8. The van der Waals surface area contributed by atoms with E-state index in [-0.39, 0.29) is 17.4 Å². The van der Waals surface area contributed by atoms with E-state index in [2.05, 4.69) is 22.8 Å². The molecule has 2 heterocycles. The zero-order valence-electron chi connectivity index (χ0n) is 20.3. The largest absolute Gasteiger partial charge is 0.478 e. The Balaban J connectivity index is 1.30. The van der Waals surface area contributed by atoms with E-state index in [0.717, 1.165) is 63.1 Å². The average molecular weight is 633 g/mol. The fourth-order valence-corrected chi connectivity index (χ4v) is 6.60. The van der Waals surface area contributed by atoms with E-state index < -0.39 is 5.97 Å². The number of halogens is 1. The number of carboxylic acids is 1. The number of thiophene rings is 1. The standard InChI is InChI=1S/C28H29IN2O5S/c29-36-24-14-21(7-8-23(24)30-15-17-9-11-35-12-10-17)26(32)31-27-25(28(33)34)22(16-37-27)20-6-5-18-3-1-2-4-19(18)13-20/h1-4,7-8,14,16-17,20,30H,5-6,9-13,15H2,(H,31,32)(H,33,34). The van der Waals surface area contributed by atoms with Crippen molar-refractivity contribution >= 4 is 56.9 Å². The van der Waals surface area contributed by atoms with Gasteiger partial charge < -0.3 is 23.5 Å². The number of anilines is 2. The number of carbonyl (C=O) groups is 2. The van der Waals surface area contributed by atoms with E-state index in [1.54, 1.807) is 12.1 Å². The van der Waals surface area contributed by atoms with Gasteiger partial charge in [0, 0.05) is 25.3 Å². The molecule has 1 atom stereocenters. The van der Waals surface area contributed by atoms with Crippen molar-refractivity contribution in [3.63, 3.8) is 0 Å². The molecule has 1 saturated heterocycles. The van der Waals surface area contributed by atoms with Gasteiger partial charge in [0.1, 0.15) is 5.00 Å². The third-order valence-electron chi connectivity index (χ3n) is 7.30. The third-order valence-corrected chi connectivity index (χ3v) is 8.68. The van der Waals surface area contributed by atoms with E-state index in [0.29, 0.717) is 22.2 Å². The van der Waals surface area contributed by atoms with Crippen molar-refractivity contribution in [1.29, 1.82) is 0 Å². The van der Waals surface area contributed by atoms with Crippen LogP contribution in [0.4, 0.5) is 10.7 Å². The molecule has 37 heavy (non-hydrogen) atoms. The highest BCUT2D eigenvalue weighted by molar-refractivity contribution is 14.1. The van der Waals surface area contributed by atoms with Crippen molar-refractivity contribution in [3.05, 3.63) is 75.7 Å². The molecule has 1 amide bonds. The summed E-state index contributed by atoms with van der Waals surface area (Å²) in [5, 5.41) is 18.6. The van der Waals surface area contributed by atoms with Crippen molar-refractivity contribution in [1.82, 2.24) is 0 Å². The summed E-state index contributed by atoms with van der Waals surface area (Å²) in [6.07, 6.45) is 4.66. The van der Waals surface area contributed by atoms with E-state index in [1.807, 2.05) is 46.6 Å². The molecule has 3 N–H and O–H groups in total. The SMILES string of the molecule is O=C(Nc1scc(C2CCc3ccccc3C2)c1C(=O)O)c1ccc(NCC2CCOCC2)c(OI)c1. The molecular weight excluding hydrogens is 603 g/mol. The molecule has 7 nitrogen and oxygen atoms in total. The number of benzene rings is 2. The highest BCUT2D eigenvalue weighted by Crippen LogP contribution is 2.40. The van der Waals surface area contributed by atoms with Gasteiger partial charge in [-0.1, -0.05) is 24.3 Å². The second-order valence-electron chi connectivity index (χ2n) is 9.59. The fourth-order valence-electron chi connectivity index (χ4n) is 5.20. The van der Waals surface area contributed by atoms with Crippen LogP contribution in [0.1, 0.15) is 62.6 Å². The van der Waals surface area contributed by atoms with Gasteiger partial charge in [-0.2, -0.15) is 0 Å². The van der Waals surface area contributed by atoms with Crippen LogP contribution in [0.3, 0.4) is 0 Å². The smallest absolute Gasteiger partial charge is 0.339 e. The summed E-state index contributed by atoms with van der Waals surface area (Å²) in [7, 11) is 0. The normalized spacial score (nSPS) is 17.6. The Morgan fingerprint density at radius 1 is 1.11 bits per heavy atom. The Hall–Kier alpha value is -2.63. The van der Waals surface area contributed by atoms with Gasteiger partial charge in [0.05, 0.1) is 11.3 Å². The van der Waals surface area contributed by atoms with Crippen LogP contribution >= 0.6 is 34.3 Å². The lowest BCUT2D eigenvalue weighted by Gasteiger charge is -2.24. The van der Waals surface area contributed by atoms with Gasteiger partial charge in [-0.3, -0.25) is 4.79 Å². The minimum atomic E-state index is -1.02. The fraction of sp³-hybridized carbons (Fsp3) is 0.357. The van der Waals surface area contributed by atoms with Gasteiger partial charge in [0.2, 0.25) is 0 Å². The average Bonchev–Trinajstić information content (AvgIpc) is 3.35. The summed E-state index contributed by atoms with van der Waals surface area (Å²) in [5.41, 5.74) is 4.82. The Labute approximate surface area is 234 Å². The number of carbonyl (C=O) groups excluding carboxylic acids is 1. The second kappa shape index (κ2) is 11.8. The predicted molar refractivity (Wildman–Crippen MR) is 154 cm³/mol. The molecule has 0 bridgehead atoms. The number of ether oxygens (including phenoxy) is 1. The van der Waals surface area contributed by atoms with Crippen LogP contribution in [0.25, 0.3) is 0 Å². The number of hydrogen-bond donors (Lipinski definition) is 3. The van der Waals surface area contributed by atoms with Gasteiger partial charge in [-0.15, -0.1) is 11.3 Å². The van der Waals surface area contributed by atoms with Gasteiger partial charge in [-0.25, -0.2) is 4.79 Å². The highest BCUT2D eigenvalue weighted by atomic mass is 127. The monoisotopic (exact) mass is 632 g/mol. The zero-order valence-corrected chi connectivity index (χ0v) is 23.3. The molecule has 2 aliphatic rings. The molecule has 3 aromatic rings. The maximum atomic E-state index is 13.1. The molecule has 5 rings (SSSR count). The van der Waals surface area contributed by atoms with Gasteiger partial charge in [0.25, 0.3) is 5.91 Å². The van der Waals surface area contributed by atoms with E-state index >= 15 is 0 Å². The Bertz CT molecular complexity index is 1290. The minimum Gasteiger partial charge on any atom is -0.478 e. The zero-order chi connectivity index (χ0) is 25.8. The predicted octanol–water partition coefficient (Wildman–Crippen LogP) is 6.54. The van der Waals surface area contributed by atoms with Crippen LogP contribution < -0.4 is 13.7 Å². The molecule has 9 heteroatoms. The number of aryl methyl sites for hydroxylation is 1. The number of hydrogen-bond acceptors (Lipinski definition) is 6. The lowest BCUT2D eigenvalue weighted by molar-refractivity contribution is 0.0694. The molecule has 1 aliphatic heterocycles. The summed E-state index contributed by atoms with van der Waals surface area (Å²) in [6.45, 7) is 2.39. The first-order chi connectivity index (χ1) is 18.0. The van der Waals surface area contributed by atoms with E-state index in [9.17, 15) is 14.7 Å². The second-order valence-corrected chi connectivity index (χ2v) is 10.9. The summed E-state index contributed by atoms with van der Waals surface area (Å²) in [5.74, 6) is -0.168. The van der Waals surface area contributed by atoms with E-state index in [4.69, 9.17) is 7.80 Å². The lowest BCUT2D eigenvalue weighted by Crippen LogP contribution is -2.22. The summed E-state index contributed by atoms with van der Waals surface area (Å²) >= 11 is 3.08. The molecule has 1 fully saturated rings. The minimum absolute atomic E-state index is 0.114. The molecule has 1 unspecified atom stereocenters. The number of amides is 1. The van der Waals surface area contributed by atoms with Crippen LogP contribution in [-0.4, -0.2) is 36.7 Å². The Morgan fingerprint density at radius 3 is 2.65 bits per heavy atom. The number of carboxylic acid groups (broad SMARTS) is 1. The number of fused-ring (bicyclic) bond motifs is 1. The Kier molecular flexibility index (Phi) is 8.31. The van der Waals surface area contributed by atoms with Gasteiger partial charge >= 0.3 is 5.97 Å². The quantitative estimate of drug-likeness (QED) is 0.244. The summed E-state index contributed by atoms with van der Waals surface area (Å²) < 4.78 is 10.9. The Morgan fingerprint density at radius 2 is 1.89 bits per heavy atom. The number of aromatic carboxylic acids is 1. The van der Waals surface area contributed by atoms with Crippen LogP contribution in [-0.2, 0) is 17.6 Å². The van der Waals surface area contributed by atoms with Crippen molar-refractivity contribution in [2.75, 3.05) is 30.4 Å². The van der Waals surface area contributed by atoms with E-state index in [1.165, 1.54) is 22.5 Å². The molecule has 1 aliphatic carbocycles. The molecule has 0 spiro atoms. The highest BCUT2D eigenvalue weighted by Gasteiger charge is 2.28. The first-order valence-electron chi connectivity index (χ1n) is 12.5. The molecule has 194 valence electrons. The first kappa shape index (κ1) is 26.0. The van der Waals surface area contributed by atoms with Crippen molar-refractivity contribution in [2.24, 2.45) is 5.92 Å². The number of nitrogens with one attached hydrogen (secondary N) is 2. The van der Waals surface area contributed by atoms with Crippen LogP contribution in [0.15, 0.2) is 47.8 Å². The van der Waals surface area contributed by atoms with Crippen molar-refractivity contribution in [3.8, 4) is 5.75 Å². The van der Waals surface area contributed by atoms with Gasteiger partial charge in [0.15, 0.2) is 28.8 Å². The van der Waals surface area contributed by atoms with Crippen LogP contribution in [0, 0.1) is 5.92 Å². The molecule has 2 aromatic carbocycles. The third kappa shape index (κ3) is 5.94. The van der Waals surface area contributed by atoms with Crippen LogP contribution in [0.5, 0.6) is 5.75 Å². The van der Waals surface area contributed by atoms with Crippen molar-refractivity contribution in [2.45, 2.75) is 38.0 Å². The summed E-state index contributed by atoms with van der Waals surface area (Å²) in [6, 6.07) is 13.6. The first-order valence-corrected chi connectivity index (χ1v) is 14.3. The molecule has 0 radical (unpaired) electrons. The molecular formula is C28H29IN2O5S. The van der Waals surface area contributed by atoms with Crippen LogP contribution in [0.2, 0.25) is 0 Å². The molecule has 0 saturated carbocycles. The molecule has 1 aromatic heterocycles. The van der Waals surface area contributed by atoms with Gasteiger partial charge in [-0.05, 0) is 84.2 Å². The summed E-state index contributed by atoms with van der Waals surface area (Å²) in [4.78, 5) is 25.4.